The van der Waals surface area contributed by atoms with E-state index in [4.69, 9.17) is 9.72 Å². The van der Waals surface area contributed by atoms with Gasteiger partial charge in [0.15, 0.2) is 5.65 Å². The lowest BCUT2D eigenvalue weighted by molar-refractivity contribution is 0.0214. The molecule has 6 rings (SSSR count). The van der Waals surface area contributed by atoms with Gasteiger partial charge >= 0.3 is 5.69 Å². The summed E-state index contributed by atoms with van der Waals surface area (Å²) in [7, 11) is 1.74. The molecule has 0 aliphatic carbocycles. The van der Waals surface area contributed by atoms with Crippen LogP contribution in [0.15, 0.2) is 29.6 Å². The van der Waals surface area contributed by atoms with Crippen molar-refractivity contribution in [1.82, 2.24) is 33.6 Å². The van der Waals surface area contributed by atoms with Crippen LogP contribution >= 0.6 is 0 Å². The van der Waals surface area contributed by atoms with Gasteiger partial charge in [0.1, 0.15) is 5.52 Å². The summed E-state index contributed by atoms with van der Waals surface area (Å²) in [5, 5.41) is 5.29. The van der Waals surface area contributed by atoms with E-state index in [1.165, 1.54) is 0 Å². The highest BCUT2D eigenvalue weighted by atomic mass is 16.5. The first kappa shape index (κ1) is 17.4. The van der Waals surface area contributed by atoms with E-state index in [0.29, 0.717) is 36.0 Å². The molecule has 1 unspecified atom stereocenters. The van der Waals surface area contributed by atoms with Gasteiger partial charge in [-0.15, -0.1) is 0 Å². The maximum absolute atomic E-state index is 13.0. The second kappa shape index (κ2) is 6.26. The van der Waals surface area contributed by atoms with Crippen LogP contribution in [0.5, 0.6) is 0 Å². The molecule has 0 aromatic carbocycles. The number of imidazole rings is 2. The number of hydrogen-bond donors (Lipinski definition) is 1. The monoisotopic (exact) mass is 407 g/mol. The van der Waals surface area contributed by atoms with Crippen molar-refractivity contribution in [3.8, 4) is 0 Å². The summed E-state index contributed by atoms with van der Waals surface area (Å²) in [6.07, 6.45) is 9.51. The summed E-state index contributed by atoms with van der Waals surface area (Å²) in [5.41, 5.74) is 2.69. The third-order valence-corrected chi connectivity index (χ3v) is 5.91. The molecule has 2 fully saturated rings. The summed E-state index contributed by atoms with van der Waals surface area (Å²) < 4.78 is 11.0. The van der Waals surface area contributed by atoms with Crippen LogP contribution in [0.4, 0.5) is 11.6 Å². The molecule has 11 nitrogen and oxygen atoms in total. The van der Waals surface area contributed by atoms with E-state index in [-0.39, 0.29) is 17.9 Å². The highest BCUT2D eigenvalue weighted by molar-refractivity contribution is 5.73. The van der Waals surface area contributed by atoms with Crippen molar-refractivity contribution in [3.05, 3.63) is 41.0 Å². The molecular formula is C19H21N9O2. The molecule has 0 amide bonds. The number of anilines is 2. The second-order valence-electron chi connectivity index (χ2n) is 7.88. The fourth-order valence-corrected chi connectivity index (χ4v) is 4.34. The molecule has 4 aromatic heterocycles. The average molecular weight is 407 g/mol. The highest BCUT2D eigenvalue weighted by Gasteiger charge is 2.35. The maximum Gasteiger partial charge on any atom is 0.349 e. The Balaban J connectivity index is 1.42. The molecular weight excluding hydrogens is 386 g/mol. The Hall–Kier alpha value is -3.47. The first-order valence-corrected chi connectivity index (χ1v) is 9.99. The van der Waals surface area contributed by atoms with Crippen molar-refractivity contribution < 1.29 is 4.74 Å². The summed E-state index contributed by atoms with van der Waals surface area (Å²) in [6, 6.07) is 0. The van der Waals surface area contributed by atoms with Crippen molar-refractivity contribution in [1.29, 1.82) is 0 Å². The Kier molecular flexibility index (Phi) is 3.63. The zero-order chi connectivity index (χ0) is 20.4. The number of aromatic nitrogens is 7. The summed E-state index contributed by atoms with van der Waals surface area (Å²) in [6.45, 7) is 3.27. The van der Waals surface area contributed by atoms with E-state index >= 15 is 0 Å². The van der Waals surface area contributed by atoms with Crippen LogP contribution in [0.1, 0.15) is 18.5 Å². The third kappa shape index (κ3) is 2.58. The van der Waals surface area contributed by atoms with Gasteiger partial charge in [-0.05, 0) is 19.8 Å². The normalized spacial score (nSPS) is 21.1. The van der Waals surface area contributed by atoms with Gasteiger partial charge in [-0.25, -0.2) is 19.7 Å². The zero-order valence-corrected chi connectivity index (χ0v) is 16.7. The largest absolute Gasteiger partial charge is 0.371 e. The number of nitrogens with one attached hydrogen (secondary N) is 1. The number of ether oxygens (including phenoxy) is 1. The number of hydrogen-bond acceptors (Lipinski definition) is 8. The number of nitrogens with zero attached hydrogens (tertiary/aromatic N) is 8. The van der Waals surface area contributed by atoms with E-state index in [0.717, 1.165) is 24.2 Å². The fraction of sp³-hybridized carbons (Fsp3) is 0.421. The van der Waals surface area contributed by atoms with Crippen molar-refractivity contribution in [2.45, 2.75) is 32.0 Å². The molecule has 2 atom stereocenters. The first-order chi connectivity index (χ1) is 14.6. The third-order valence-electron chi connectivity index (χ3n) is 5.91. The lowest BCUT2D eigenvalue weighted by atomic mass is 10.2. The SMILES string of the molecule is Cc1nc2nccn2cc1Nc1ncc2c(n1)n(N1CC3CC[C@@H](C1)O3)c(=O)n2C. The average Bonchev–Trinajstić information content (AvgIpc) is 3.39. The molecule has 0 saturated carbocycles. The Morgan fingerprint density at radius 1 is 1.17 bits per heavy atom. The topological polar surface area (TPSA) is 107 Å². The Bertz CT molecular complexity index is 1330. The highest BCUT2D eigenvalue weighted by Crippen LogP contribution is 2.26. The van der Waals surface area contributed by atoms with Crippen molar-refractivity contribution in [2.75, 3.05) is 23.4 Å². The molecule has 4 aromatic rings. The van der Waals surface area contributed by atoms with Crippen LogP contribution in [-0.2, 0) is 11.8 Å². The van der Waals surface area contributed by atoms with Gasteiger partial charge in [-0.1, -0.05) is 0 Å². The lowest BCUT2D eigenvalue weighted by Crippen LogP contribution is -2.52. The minimum Gasteiger partial charge on any atom is -0.371 e. The molecule has 2 aliphatic rings. The summed E-state index contributed by atoms with van der Waals surface area (Å²) in [4.78, 5) is 30.8. The van der Waals surface area contributed by atoms with E-state index in [1.54, 1.807) is 28.7 Å². The van der Waals surface area contributed by atoms with Gasteiger partial charge in [0.25, 0.3) is 0 Å². The summed E-state index contributed by atoms with van der Waals surface area (Å²) >= 11 is 0. The molecule has 154 valence electrons. The van der Waals surface area contributed by atoms with E-state index < -0.39 is 0 Å². The molecule has 2 saturated heterocycles. The van der Waals surface area contributed by atoms with Crippen molar-refractivity contribution in [3.63, 3.8) is 0 Å². The van der Waals surface area contributed by atoms with Crippen LogP contribution in [-0.4, -0.2) is 58.9 Å². The van der Waals surface area contributed by atoms with E-state index in [2.05, 4.69) is 25.3 Å². The van der Waals surface area contributed by atoms with Gasteiger partial charge in [-0.3, -0.25) is 8.97 Å². The minimum absolute atomic E-state index is 0.129. The number of rotatable bonds is 3. The standard InChI is InChI=1S/C19H21N9O2/c1-11-14(10-26-6-5-20-18(26)22-11)23-17-21-7-15-16(24-17)28(19(29)25(15)2)27-8-12-3-4-13(9-27)30-12/h5-7,10,12-13H,3-4,8-9H2,1-2H3,(H,21,23,24)/t12-,13?/m0/s1. The molecule has 1 N–H and O–H groups in total. The minimum atomic E-state index is -0.129. The summed E-state index contributed by atoms with van der Waals surface area (Å²) in [5.74, 6) is 1.04. The number of morpholine rings is 1. The van der Waals surface area contributed by atoms with Crippen LogP contribution in [0.2, 0.25) is 0 Å². The van der Waals surface area contributed by atoms with Gasteiger partial charge in [0.2, 0.25) is 11.7 Å². The van der Waals surface area contributed by atoms with Gasteiger partial charge < -0.3 is 15.1 Å². The van der Waals surface area contributed by atoms with E-state index in [1.807, 2.05) is 23.7 Å². The Labute approximate surface area is 170 Å². The maximum atomic E-state index is 13.0. The van der Waals surface area contributed by atoms with Crippen LogP contribution in [0.3, 0.4) is 0 Å². The van der Waals surface area contributed by atoms with Gasteiger partial charge in [0.05, 0.1) is 42.9 Å². The number of fused-ring (bicyclic) bond motifs is 4. The quantitative estimate of drug-likeness (QED) is 0.530. The second-order valence-corrected chi connectivity index (χ2v) is 7.88. The molecule has 6 heterocycles. The van der Waals surface area contributed by atoms with Crippen molar-refractivity contribution in [2.24, 2.45) is 7.05 Å². The molecule has 0 radical (unpaired) electrons. The fourth-order valence-electron chi connectivity index (χ4n) is 4.34. The first-order valence-electron chi connectivity index (χ1n) is 9.99. The van der Waals surface area contributed by atoms with E-state index in [9.17, 15) is 4.79 Å². The predicted octanol–water partition coefficient (Wildman–Crippen LogP) is 0.724. The van der Waals surface area contributed by atoms with Crippen LogP contribution < -0.4 is 16.0 Å². The lowest BCUT2D eigenvalue weighted by Gasteiger charge is -2.33. The predicted molar refractivity (Wildman–Crippen MR) is 110 cm³/mol. The molecule has 2 bridgehead atoms. The smallest absolute Gasteiger partial charge is 0.349 e. The van der Waals surface area contributed by atoms with Crippen molar-refractivity contribution >= 4 is 28.6 Å². The van der Waals surface area contributed by atoms with Gasteiger partial charge in [0, 0.05) is 25.6 Å². The Morgan fingerprint density at radius 3 is 2.77 bits per heavy atom. The van der Waals surface area contributed by atoms with Crippen LogP contribution in [0, 0.1) is 6.92 Å². The number of aryl methyl sites for hydroxylation is 2. The molecule has 2 aliphatic heterocycles. The molecule has 11 heteroatoms. The van der Waals surface area contributed by atoms with Gasteiger partial charge in [-0.2, -0.15) is 9.66 Å². The Morgan fingerprint density at radius 2 is 1.97 bits per heavy atom. The van der Waals surface area contributed by atoms with Crippen LogP contribution in [0.25, 0.3) is 16.9 Å². The zero-order valence-electron chi connectivity index (χ0n) is 16.7. The molecule has 0 spiro atoms. The molecule has 30 heavy (non-hydrogen) atoms.